The number of nitrogens with zero attached hydrogens (tertiary/aromatic N) is 1. The van der Waals surface area contributed by atoms with Crippen LogP contribution in [0.5, 0.6) is 5.75 Å². The van der Waals surface area contributed by atoms with Gasteiger partial charge in [-0.3, -0.25) is 9.59 Å². The highest BCUT2D eigenvalue weighted by Gasteiger charge is 2.39. The largest absolute Gasteiger partial charge is 0.494 e. The fraction of sp³-hybridized carbons (Fsp3) is 0.333. The van der Waals surface area contributed by atoms with Crippen molar-refractivity contribution in [3.8, 4) is 5.75 Å². The summed E-state index contributed by atoms with van der Waals surface area (Å²) in [5.41, 5.74) is 0.876. The normalized spacial score (nSPS) is 19.6. The molecule has 1 aliphatic rings. The number of morpholine rings is 1. The monoisotopic (exact) mass is 368 g/mol. The Morgan fingerprint density at radius 3 is 2.52 bits per heavy atom. The number of nitrogens with one attached hydrogen (secondary N) is 1. The highest BCUT2D eigenvalue weighted by atomic mass is 16.5. The molecule has 0 spiro atoms. The number of rotatable bonds is 7. The zero-order valence-electron chi connectivity index (χ0n) is 15.3. The summed E-state index contributed by atoms with van der Waals surface area (Å²) in [4.78, 5) is 26.3. The zero-order valence-corrected chi connectivity index (χ0v) is 15.3. The Labute approximate surface area is 159 Å². The van der Waals surface area contributed by atoms with Gasteiger partial charge in [0, 0.05) is 13.6 Å². The quantitative estimate of drug-likeness (QED) is 0.761. The Hall–Kier alpha value is -2.86. The van der Waals surface area contributed by atoms with Gasteiger partial charge in [0.25, 0.3) is 5.91 Å². The van der Waals surface area contributed by atoms with Gasteiger partial charge in [0.2, 0.25) is 5.91 Å². The summed E-state index contributed by atoms with van der Waals surface area (Å²) < 4.78 is 11.2. The number of ether oxygens (including phenoxy) is 2. The van der Waals surface area contributed by atoms with Crippen LogP contribution in [0, 0.1) is 0 Å². The second-order valence-electron chi connectivity index (χ2n) is 6.40. The van der Waals surface area contributed by atoms with E-state index in [0.29, 0.717) is 19.6 Å². The van der Waals surface area contributed by atoms with Gasteiger partial charge in [-0.05, 0) is 24.1 Å². The lowest BCUT2D eigenvalue weighted by Crippen LogP contribution is -2.53. The molecule has 6 nitrogen and oxygen atoms in total. The first kappa shape index (κ1) is 18.9. The maximum atomic E-state index is 12.7. The van der Waals surface area contributed by atoms with E-state index in [1.807, 2.05) is 60.7 Å². The van der Waals surface area contributed by atoms with Crippen molar-refractivity contribution in [1.29, 1.82) is 0 Å². The molecular weight excluding hydrogens is 344 g/mol. The smallest absolute Gasteiger partial charge is 0.251 e. The molecule has 1 N–H and O–H groups in total. The number of likely N-dealkylation sites (N-methyl/N-ethyl adjacent to an activating group) is 1. The Bertz CT molecular complexity index is 751. The first-order valence-electron chi connectivity index (χ1n) is 9.04. The van der Waals surface area contributed by atoms with E-state index in [0.717, 1.165) is 11.3 Å². The summed E-state index contributed by atoms with van der Waals surface area (Å²) in [6.45, 7) is 0.899. The number of amides is 2. The molecule has 0 bridgehead atoms. The average Bonchev–Trinajstić information content (AvgIpc) is 2.71. The zero-order chi connectivity index (χ0) is 19.1. The third-order valence-corrected chi connectivity index (χ3v) is 4.52. The minimum absolute atomic E-state index is 0.0883. The van der Waals surface area contributed by atoms with Gasteiger partial charge in [0.05, 0.1) is 12.6 Å². The van der Waals surface area contributed by atoms with Crippen LogP contribution in [0.4, 0.5) is 0 Å². The van der Waals surface area contributed by atoms with Gasteiger partial charge in [0.15, 0.2) is 6.10 Å². The molecule has 0 aromatic heterocycles. The van der Waals surface area contributed by atoms with Gasteiger partial charge in [-0.25, -0.2) is 0 Å². The number of hydrogen-bond donors (Lipinski definition) is 1. The summed E-state index contributed by atoms with van der Waals surface area (Å²) in [5, 5.41) is 2.89. The molecule has 1 heterocycles. The lowest BCUT2D eigenvalue weighted by Gasteiger charge is -2.38. The van der Waals surface area contributed by atoms with Crippen molar-refractivity contribution in [3.63, 3.8) is 0 Å². The molecule has 0 aliphatic carbocycles. The van der Waals surface area contributed by atoms with Gasteiger partial charge in [0.1, 0.15) is 12.4 Å². The topological polar surface area (TPSA) is 67.9 Å². The first-order valence-corrected chi connectivity index (χ1v) is 9.04. The van der Waals surface area contributed by atoms with E-state index in [2.05, 4.69) is 5.32 Å². The number of para-hydroxylation sites is 1. The number of benzene rings is 2. The van der Waals surface area contributed by atoms with Crippen molar-refractivity contribution in [1.82, 2.24) is 10.2 Å². The maximum Gasteiger partial charge on any atom is 0.251 e. The molecular formula is C21H24N2O4. The molecule has 2 aromatic rings. The molecule has 2 atom stereocenters. The van der Waals surface area contributed by atoms with Crippen LogP contribution in [0.15, 0.2) is 60.7 Å². The second kappa shape index (κ2) is 9.19. The first-order chi connectivity index (χ1) is 13.2. The number of hydrogen-bond acceptors (Lipinski definition) is 4. The predicted molar refractivity (Wildman–Crippen MR) is 101 cm³/mol. The van der Waals surface area contributed by atoms with Gasteiger partial charge < -0.3 is 19.7 Å². The van der Waals surface area contributed by atoms with Crippen LogP contribution in [0.1, 0.15) is 18.0 Å². The molecule has 1 fully saturated rings. The number of carbonyl (C=O) groups excluding carboxylic acids is 2. The standard InChI is InChI=1S/C21H24N2O4/c1-23-18(24)15-27-20(19(23)16-9-4-2-5-10-16)21(25)22-13-8-14-26-17-11-6-3-7-12-17/h2-7,9-12,19-20H,8,13-15H2,1H3,(H,22,25). The van der Waals surface area contributed by atoms with Crippen LogP contribution in [-0.2, 0) is 14.3 Å². The van der Waals surface area contributed by atoms with Crippen molar-refractivity contribution in [2.45, 2.75) is 18.6 Å². The van der Waals surface area contributed by atoms with Crippen LogP contribution in [0.25, 0.3) is 0 Å². The Balaban J connectivity index is 1.53. The van der Waals surface area contributed by atoms with E-state index in [1.165, 1.54) is 0 Å². The van der Waals surface area contributed by atoms with E-state index in [-0.39, 0.29) is 18.4 Å². The van der Waals surface area contributed by atoms with Gasteiger partial charge in [-0.2, -0.15) is 0 Å². The maximum absolute atomic E-state index is 12.7. The van der Waals surface area contributed by atoms with Crippen molar-refractivity contribution in [2.24, 2.45) is 0 Å². The SMILES string of the molecule is CN1C(=O)COC(C(=O)NCCCOc2ccccc2)C1c1ccccc1. The van der Waals surface area contributed by atoms with Gasteiger partial charge in [-0.1, -0.05) is 48.5 Å². The molecule has 2 amide bonds. The molecule has 2 unspecified atom stereocenters. The molecule has 2 aromatic carbocycles. The highest BCUT2D eigenvalue weighted by Crippen LogP contribution is 2.29. The molecule has 1 aliphatic heterocycles. The van der Waals surface area contributed by atoms with Crippen LogP contribution >= 0.6 is 0 Å². The predicted octanol–water partition coefficient (Wildman–Crippen LogP) is 2.17. The van der Waals surface area contributed by atoms with Gasteiger partial charge >= 0.3 is 0 Å². The third kappa shape index (κ3) is 4.86. The summed E-state index contributed by atoms with van der Waals surface area (Å²) >= 11 is 0. The fourth-order valence-corrected chi connectivity index (χ4v) is 3.07. The van der Waals surface area contributed by atoms with E-state index < -0.39 is 12.1 Å². The number of carbonyl (C=O) groups is 2. The minimum Gasteiger partial charge on any atom is -0.494 e. The summed E-state index contributed by atoms with van der Waals surface area (Å²) in [6.07, 6.45) is -0.0527. The molecule has 142 valence electrons. The summed E-state index contributed by atoms with van der Waals surface area (Å²) in [7, 11) is 1.70. The van der Waals surface area contributed by atoms with Crippen molar-refractivity contribution in [2.75, 3.05) is 26.8 Å². The summed E-state index contributed by atoms with van der Waals surface area (Å²) in [5.74, 6) is 0.454. The van der Waals surface area contributed by atoms with Crippen molar-refractivity contribution < 1.29 is 19.1 Å². The molecule has 27 heavy (non-hydrogen) atoms. The Morgan fingerprint density at radius 2 is 1.81 bits per heavy atom. The minimum atomic E-state index is -0.731. The second-order valence-corrected chi connectivity index (χ2v) is 6.40. The highest BCUT2D eigenvalue weighted by molar-refractivity contribution is 5.86. The molecule has 0 saturated carbocycles. The summed E-state index contributed by atoms with van der Waals surface area (Å²) in [6, 6.07) is 18.6. The molecule has 3 rings (SSSR count). The molecule has 1 saturated heterocycles. The van der Waals surface area contributed by atoms with E-state index in [1.54, 1.807) is 11.9 Å². The van der Waals surface area contributed by atoms with Gasteiger partial charge in [-0.15, -0.1) is 0 Å². The molecule has 0 radical (unpaired) electrons. The van der Waals surface area contributed by atoms with E-state index in [4.69, 9.17) is 9.47 Å². The van der Waals surface area contributed by atoms with E-state index in [9.17, 15) is 9.59 Å². The average molecular weight is 368 g/mol. The van der Waals surface area contributed by atoms with Crippen molar-refractivity contribution >= 4 is 11.8 Å². The van der Waals surface area contributed by atoms with Crippen LogP contribution in [-0.4, -0.2) is 49.6 Å². The Morgan fingerprint density at radius 1 is 1.15 bits per heavy atom. The van der Waals surface area contributed by atoms with Crippen LogP contribution in [0.2, 0.25) is 0 Å². The van der Waals surface area contributed by atoms with E-state index >= 15 is 0 Å². The van der Waals surface area contributed by atoms with Crippen LogP contribution in [0.3, 0.4) is 0 Å². The third-order valence-electron chi connectivity index (χ3n) is 4.52. The molecule has 6 heteroatoms. The Kier molecular flexibility index (Phi) is 6.44. The van der Waals surface area contributed by atoms with Crippen LogP contribution < -0.4 is 10.1 Å². The lowest BCUT2D eigenvalue weighted by atomic mass is 9.97. The van der Waals surface area contributed by atoms with Crippen molar-refractivity contribution in [3.05, 3.63) is 66.2 Å². The fourth-order valence-electron chi connectivity index (χ4n) is 3.07. The lowest BCUT2D eigenvalue weighted by molar-refractivity contribution is -0.162.